The van der Waals surface area contributed by atoms with Crippen LogP contribution in [-0.2, 0) is 4.79 Å². The Morgan fingerprint density at radius 1 is 1.26 bits per heavy atom. The van der Waals surface area contributed by atoms with Gasteiger partial charge in [-0.3, -0.25) is 19.6 Å². The lowest BCUT2D eigenvalue weighted by molar-refractivity contribution is -0.119. The summed E-state index contributed by atoms with van der Waals surface area (Å²) in [5.41, 5.74) is 10.5. The second kappa shape index (κ2) is 5.65. The summed E-state index contributed by atoms with van der Waals surface area (Å²) in [4.78, 5) is 30.4. The predicted octanol–water partition coefficient (Wildman–Crippen LogP) is -1.98. The van der Waals surface area contributed by atoms with Crippen molar-refractivity contribution in [2.75, 3.05) is 38.5 Å². The normalized spacial score (nSPS) is 17.2. The summed E-state index contributed by atoms with van der Waals surface area (Å²) in [7, 11) is 0. The summed E-state index contributed by atoms with van der Waals surface area (Å²) in [5, 5.41) is 6.13. The first kappa shape index (κ1) is 13.3. The third-order valence-electron chi connectivity index (χ3n) is 2.96. The molecule has 0 atom stereocenters. The van der Waals surface area contributed by atoms with E-state index in [0.717, 1.165) is 13.0 Å². The Morgan fingerprint density at radius 3 is 2.68 bits per heavy atom. The number of rotatable bonds is 3. The van der Waals surface area contributed by atoms with Gasteiger partial charge in [-0.15, -0.1) is 5.10 Å². The summed E-state index contributed by atoms with van der Waals surface area (Å²) < 4.78 is 0. The number of primary amides is 1. The maximum absolute atomic E-state index is 12.1. The van der Waals surface area contributed by atoms with Gasteiger partial charge in [0.1, 0.15) is 0 Å². The molecule has 1 fully saturated rings. The smallest absolute Gasteiger partial charge is 0.291 e. The molecule has 0 aliphatic carbocycles. The number of anilines is 1. The Kier molecular flexibility index (Phi) is 3.95. The van der Waals surface area contributed by atoms with Gasteiger partial charge in [0.2, 0.25) is 17.7 Å². The molecule has 2 heterocycles. The molecule has 1 aromatic rings. The van der Waals surface area contributed by atoms with Crippen molar-refractivity contribution in [3.05, 3.63) is 5.82 Å². The van der Waals surface area contributed by atoms with Gasteiger partial charge in [0.25, 0.3) is 5.91 Å². The number of nitrogens with two attached hydrogens (primary N) is 2. The molecule has 1 aromatic heterocycles. The molecule has 1 saturated heterocycles. The zero-order valence-electron chi connectivity index (χ0n) is 10.5. The van der Waals surface area contributed by atoms with Crippen molar-refractivity contribution >= 4 is 17.8 Å². The van der Waals surface area contributed by atoms with E-state index in [1.807, 2.05) is 4.90 Å². The summed E-state index contributed by atoms with van der Waals surface area (Å²) in [6, 6.07) is 0. The van der Waals surface area contributed by atoms with Crippen molar-refractivity contribution in [2.45, 2.75) is 6.42 Å². The molecule has 0 spiro atoms. The van der Waals surface area contributed by atoms with E-state index in [2.05, 4.69) is 15.2 Å². The topological polar surface area (TPSA) is 134 Å². The molecule has 1 aliphatic heterocycles. The summed E-state index contributed by atoms with van der Waals surface area (Å²) in [5.74, 6) is -0.401. The third-order valence-corrected chi connectivity index (χ3v) is 2.96. The molecule has 19 heavy (non-hydrogen) atoms. The Labute approximate surface area is 109 Å². The van der Waals surface area contributed by atoms with Crippen LogP contribution < -0.4 is 11.5 Å². The maximum atomic E-state index is 12.1. The zero-order chi connectivity index (χ0) is 13.8. The largest absolute Gasteiger partial charge is 0.369 e. The predicted molar refractivity (Wildman–Crippen MR) is 67.0 cm³/mol. The minimum atomic E-state index is -0.359. The molecule has 9 nitrogen and oxygen atoms in total. The van der Waals surface area contributed by atoms with Gasteiger partial charge in [0.15, 0.2) is 0 Å². The number of hydrogen-bond donors (Lipinski definition) is 3. The molecule has 0 radical (unpaired) electrons. The molecule has 9 heteroatoms. The SMILES string of the molecule is NC(=O)CN1CCCN(C(=O)c2nc(N)n[nH]2)CC1. The second-order valence-corrected chi connectivity index (χ2v) is 4.43. The van der Waals surface area contributed by atoms with Crippen LogP contribution in [0.4, 0.5) is 5.95 Å². The lowest BCUT2D eigenvalue weighted by Gasteiger charge is -2.20. The van der Waals surface area contributed by atoms with Gasteiger partial charge in [0, 0.05) is 26.2 Å². The minimum absolute atomic E-state index is 0.0496. The number of carbonyl (C=O) groups excluding carboxylic acids is 2. The number of nitrogens with zero attached hydrogens (tertiary/aromatic N) is 4. The van der Waals surface area contributed by atoms with E-state index in [-0.39, 0.29) is 30.1 Å². The van der Waals surface area contributed by atoms with E-state index < -0.39 is 0 Å². The number of amides is 2. The third kappa shape index (κ3) is 3.41. The first-order chi connectivity index (χ1) is 9.06. The van der Waals surface area contributed by atoms with Crippen LogP contribution in [0, 0.1) is 0 Å². The molecule has 104 valence electrons. The quantitative estimate of drug-likeness (QED) is 0.581. The van der Waals surface area contributed by atoms with Gasteiger partial charge in [0.05, 0.1) is 6.54 Å². The lowest BCUT2D eigenvalue weighted by Crippen LogP contribution is -2.38. The monoisotopic (exact) mass is 267 g/mol. The van der Waals surface area contributed by atoms with Crippen LogP contribution in [0.2, 0.25) is 0 Å². The van der Waals surface area contributed by atoms with Crippen LogP contribution in [0.15, 0.2) is 0 Å². The Morgan fingerprint density at radius 2 is 2.05 bits per heavy atom. The summed E-state index contributed by atoms with van der Waals surface area (Å²) in [6.07, 6.45) is 0.780. The van der Waals surface area contributed by atoms with E-state index in [4.69, 9.17) is 11.5 Å². The first-order valence-electron chi connectivity index (χ1n) is 6.04. The van der Waals surface area contributed by atoms with Crippen molar-refractivity contribution in [3.63, 3.8) is 0 Å². The number of nitrogens with one attached hydrogen (secondary N) is 1. The van der Waals surface area contributed by atoms with Crippen LogP contribution in [0.3, 0.4) is 0 Å². The van der Waals surface area contributed by atoms with Crippen LogP contribution >= 0.6 is 0 Å². The van der Waals surface area contributed by atoms with Crippen LogP contribution in [0.1, 0.15) is 17.0 Å². The fourth-order valence-electron chi connectivity index (χ4n) is 2.07. The molecular weight excluding hydrogens is 250 g/mol. The molecule has 2 rings (SSSR count). The van der Waals surface area contributed by atoms with Crippen molar-refractivity contribution < 1.29 is 9.59 Å². The second-order valence-electron chi connectivity index (χ2n) is 4.43. The molecule has 0 bridgehead atoms. The zero-order valence-corrected chi connectivity index (χ0v) is 10.5. The number of aromatic amines is 1. The highest BCUT2D eigenvalue weighted by molar-refractivity contribution is 5.90. The highest BCUT2D eigenvalue weighted by Crippen LogP contribution is 2.06. The molecule has 2 amide bonds. The Bertz CT molecular complexity index is 472. The van der Waals surface area contributed by atoms with E-state index in [1.165, 1.54) is 0 Å². The van der Waals surface area contributed by atoms with Crippen LogP contribution in [0.5, 0.6) is 0 Å². The maximum Gasteiger partial charge on any atom is 0.291 e. The number of H-pyrrole nitrogens is 1. The standard InChI is InChI=1S/C10H17N7O2/c11-7(18)6-16-2-1-3-17(5-4-16)9(19)8-13-10(12)15-14-8/h1-6H2,(H2,11,18)(H3,12,13,14,15). The van der Waals surface area contributed by atoms with Gasteiger partial charge in [-0.25, -0.2) is 0 Å². The first-order valence-corrected chi connectivity index (χ1v) is 6.04. The summed E-state index contributed by atoms with van der Waals surface area (Å²) >= 11 is 0. The molecule has 0 aromatic carbocycles. The van der Waals surface area contributed by atoms with Crippen LogP contribution in [-0.4, -0.2) is 69.5 Å². The highest BCUT2D eigenvalue weighted by Gasteiger charge is 2.23. The summed E-state index contributed by atoms with van der Waals surface area (Å²) in [6.45, 7) is 2.70. The van der Waals surface area contributed by atoms with Gasteiger partial charge < -0.3 is 16.4 Å². The number of aromatic nitrogens is 3. The fraction of sp³-hybridized carbons (Fsp3) is 0.600. The number of hydrogen-bond acceptors (Lipinski definition) is 6. The van der Waals surface area contributed by atoms with Crippen molar-refractivity contribution in [1.29, 1.82) is 0 Å². The van der Waals surface area contributed by atoms with E-state index >= 15 is 0 Å². The van der Waals surface area contributed by atoms with Gasteiger partial charge >= 0.3 is 0 Å². The van der Waals surface area contributed by atoms with Crippen molar-refractivity contribution in [3.8, 4) is 0 Å². The lowest BCUT2D eigenvalue weighted by atomic mass is 10.3. The van der Waals surface area contributed by atoms with Crippen molar-refractivity contribution in [2.24, 2.45) is 5.73 Å². The average Bonchev–Trinajstić information content (AvgIpc) is 2.65. The minimum Gasteiger partial charge on any atom is -0.369 e. The molecule has 5 N–H and O–H groups in total. The van der Waals surface area contributed by atoms with E-state index in [9.17, 15) is 9.59 Å². The average molecular weight is 267 g/mol. The van der Waals surface area contributed by atoms with Gasteiger partial charge in [-0.1, -0.05) is 0 Å². The molecular formula is C10H17N7O2. The highest BCUT2D eigenvalue weighted by atomic mass is 16.2. The molecule has 1 aliphatic rings. The van der Waals surface area contributed by atoms with E-state index in [1.54, 1.807) is 4.90 Å². The molecule has 0 unspecified atom stereocenters. The fourth-order valence-corrected chi connectivity index (χ4v) is 2.07. The molecule has 0 saturated carbocycles. The number of carbonyl (C=O) groups is 2. The Hall–Kier alpha value is -2.16. The van der Waals surface area contributed by atoms with Crippen molar-refractivity contribution in [1.82, 2.24) is 25.0 Å². The van der Waals surface area contributed by atoms with Gasteiger partial charge in [-0.05, 0) is 6.42 Å². The number of nitrogen functional groups attached to an aromatic ring is 1. The Balaban J connectivity index is 1.95. The van der Waals surface area contributed by atoms with Gasteiger partial charge in [-0.2, -0.15) is 4.98 Å². The van der Waals surface area contributed by atoms with E-state index in [0.29, 0.717) is 19.6 Å². The van der Waals surface area contributed by atoms with Crippen LogP contribution in [0.25, 0.3) is 0 Å².